The largest absolute Gasteiger partial charge is 0.384 e. The molecule has 3 N–H and O–H groups in total. The lowest BCUT2D eigenvalue weighted by Crippen LogP contribution is -2.25. The summed E-state index contributed by atoms with van der Waals surface area (Å²) in [5.41, 5.74) is 10.5. The highest BCUT2D eigenvalue weighted by Gasteiger charge is 2.23. The minimum Gasteiger partial charge on any atom is -0.384 e. The van der Waals surface area contributed by atoms with Gasteiger partial charge in [-0.15, -0.1) is 0 Å². The van der Waals surface area contributed by atoms with Gasteiger partial charge in [-0.3, -0.25) is 4.79 Å². The highest BCUT2D eigenvalue weighted by Crippen LogP contribution is 2.29. The molecule has 0 saturated carbocycles. The Morgan fingerprint density at radius 1 is 1.03 bits per heavy atom. The van der Waals surface area contributed by atoms with Gasteiger partial charge in [-0.1, -0.05) is 62.1 Å². The van der Waals surface area contributed by atoms with Crippen molar-refractivity contribution in [2.75, 3.05) is 12.3 Å². The highest BCUT2D eigenvalue weighted by atomic mass is 35.5. The number of nitrogens with zero attached hydrogens (tertiary/aromatic N) is 3. The summed E-state index contributed by atoms with van der Waals surface area (Å²) in [5, 5.41) is 3.68. The Bertz CT molecular complexity index is 1220. The maximum Gasteiger partial charge on any atom is 0.257 e. The number of carbonyl (C=O) groups is 1. The molecule has 160 valence electrons. The molecule has 0 saturated heterocycles. The van der Waals surface area contributed by atoms with Crippen molar-refractivity contribution in [3.63, 3.8) is 0 Å². The molecule has 0 radical (unpaired) electrons. The van der Waals surface area contributed by atoms with Crippen LogP contribution in [-0.4, -0.2) is 27.0 Å². The Hall–Kier alpha value is -3.12. The molecule has 31 heavy (non-hydrogen) atoms. The van der Waals surface area contributed by atoms with Gasteiger partial charge in [-0.05, 0) is 36.2 Å². The zero-order valence-corrected chi connectivity index (χ0v) is 18.3. The molecule has 0 aliphatic heterocycles. The van der Waals surface area contributed by atoms with E-state index in [1.165, 1.54) is 0 Å². The Balaban J connectivity index is 1.75. The number of rotatable bonds is 8. The molecule has 0 aliphatic carbocycles. The Kier molecular flexibility index (Phi) is 6.37. The van der Waals surface area contributed by atoms with Crippen molar-refractivity contribution in [2.45, 2.75) is 39.2 Å². The monoisotopic (exact) mass is 435 g/mol. The van der Waals surface area contributed by atoms with Crippen molar-refractivity contribution < 1.29 is 4.79 Å². The summed E-state index contributed by atoms with van der Waals surface area (Å²) in [4.78, 5) is 22.6. The van der Waals surface area contributed by atoms with Crippen LogP contribution >= 0.6 is 11.6 Å². The van der Waals surface area contributed by atoms with Gasteiger partial charge in [0.1, 0.15) is 16.9 Å². The molecular weight excluding hydrogens is 410 g/mol. The number of hydrogen-bond acceptors (Lipinski definition) is 4. The number of hydrogen-bond donors (Lipinski definition) is 2. The van der Waals surface area contributed by atoms with E-state index in [9.17, 15) is 4.79 Å². The first kappa shape index (κ1) is 21.1. The standard InChI is InChI=1S/C24H26ClN5O/c1-2-3-4-7-14-27-24(31)20-21-23(29-19-9-6-5-8-18(19)28-21)30(22(20)26)15-16-10-12-17(25)13-11-16/h5-6,8-13H,2-4,7,14-15,26H2,1H3,(H,27,31). The molecule has 1 amide bonds. The number of aromatic nitrogens is 3. The quantitative estimate of drug-likeness (QED) is 0.373. The summed E-state index contributed by atoms with van der Waals surface area (Å²) in [6.45, 7) is 3.25. The summed E-state index contributed by atoms with van der Waals surface area (Å²) in [7, 11) is 0. The summed E-state index contributed by atoms with van der Waals surface area (Å²) >= 11 is 6.03. The van der Waals surface area contributed by atoms with Gasteiger partial charge in [0, 0.05) is 11.6 Å². The molecule has 6 nitrogen and oxygen atoms in total. The second-order valence-corrected chi connectivity index (χ2v) is 8.11. The first-order valence-corrected chi connectivity index (χ1v) is 11.0. The Morgan fingerprint density at radius 2 is 1.74 bits per heavy atom. The molecule has 0 atom stereocenters. The lowest BCUT2D eigenvalue weighted by atomic mass is 10.2. The molecule has 0 unspecified atom stereocenters. The molecule has 4 aromatic rings. The second kappa shape index (κ2) is 9.35. The Morgan fingerprint density at radius 3 is 2.45 bits per heavy atom. The van der Waals surface area contributed by atoms with Crippen molar-refractivity contribution in [3.05, 3.63) is 64.7 Å². The van der Waals surface area contributed by atoms with E-state index in [-0.39, 0.29) is 5.91 Å². The van der Waals surface area contributed by atoms with E-state index in [1.807, 2.05) is 53.1 Å². The first-order valence-electron chi connectivity index (χ1n) is 10.7. The van der Waals surface area contributed by atoms with E-state index in [0.29, 0.717) is 40.7 Å². The topological polar surface area (TPSA) is 85.8 Å². The van der Waals surface area contributed by atoms with Gasteiger partial charge in [0.2, 0.25) is 0 Å². The van der Waals surface area contributed by atoms with Crippen LogP contribution in [0.5, 0.6) is 0 Å². The normalized spacial score (nSPS) is 11.3. The predicted octanol–water partition coefficient (Wildman–Crippen LogP) is 5.18. The molecule has 7 heteroatoms. The van der Waals surface area contributed by atoms with Gasteiger partial charge in [0.15, 0.2) is 5.65 Å². The first-order chi connectivity index (χ1) is 15.1. The number of halogens is 1. The second-order valence-electron chi connectivity index (χ2n) is 7.67. The van der Waals surface area contributed by atoms with Crippen LogP contribution in [0.3, 0.4) is 0 Å². The predicted molar refractivity (Wildman–Crippen MR) is 126 cm³/mol. The van der Waals surface area contributed by atoms with Crippen LogP contribution in [0.2, 0.25) is 5.02 Å². The summed E-state index contributed by atoms with van der Waals surface area (Å²) in [6.07, 6.45) is 4.35. The minimum absolute atomic E-state index is 0.210. The fourth-order valence-electron chi connectivity index (χ4n) is 3.72. The average molecular weight is 436 g/mol. The van der Waals surface area contributed by atoms with Crippen LogP contribution < -0.4 is 11.1 Å². The lowest BCUT2D eigenvalue weighted by molar-refractivity contribution is 0.0955. The van der Waals surface area contributed by atoms with Crippen LogP contribution in [-0.2, 0) is 6.54 Å². The van der Waals surface area contributed by atoms with Gasteiger partial charge in [-0.25, -0.2) is 9.97 Å². The number of unbranched alkanes of at least 4 members (excludes halogenated alkanes) is 3. The third-order valence-corrected chi connectivity index (χ3v) is 5.64. The third kappa shape index (κ3) is 4.49. The van der Waals surface area contributed by atoms with E-state index in [4.69, 9.17) is 27.3 Å². The molecule has 2 aromatic carbocycles. The molecule has 0 bridgehead atoms. The van der Waals surface area contributed by atoms with Crippen molar-refractivity contribution in [1.29, 1.82) is 0 Å². The fraction of sp³-hybridized carbons (Fsp3) is 0.292. The van der Waals surface area contributed by atoms with Gasteiger partial charge in [0.25, 0.3) is 5.91 Å². The van der Waals surface area contributed by atoms with Crippen LogP contribution in [0.4, 0.5) is 5.82 Å². The third-order valence-electron chi connectivity index (χ3n) is 5.39. The number of anilines is 1. The van der Waals surface area contributed by atoms with Crippen molar-refractivity contribution in [1.82, 2.24) is 19.9 Å². The van der Waals surface area contributed by atoms with Gasteiger partial charge >= 0.3 is 0 Å². The van der Waals surface area contributed by atoms with Crippen LogP contribution in [0.15, 0.2) is 48.5 Å². The molecule has 2 heterocycles. The summed E-state index contributed by atoms with van der Waals surface area (Å²) in [5.74, 6) is 0.157. The number of nitrogens with one attached hydrogen (secondary N) is 1. The lowest BCUT2D eigenvalue weighted by Gasteiger charge is -2.09. The number of para-hydroxylation sites is 2. The number of benzene rings is 2. The maximum atomic E-state index is 13.1. The minimum atomic E-state index is -0.210. The maximum absolute atomic E-state index is 13.1. The number of carbonyl (C=O) groups excluding carboxylic acids is 1. The van der Waals surface area contributed by atoms with E-state index < -0.39 is 0 Å². The van der Waals surface area contributed by atoms with Crippen molar-refractivity contribution in [2.24, 2.45) is 0 Å². The van der Waals surface area contributed by atoms with Gasteiger partial charge < -0.3 is 15.6 Å². The average Bonchev–Trinajstić information content (AvgIpc) is 3.04. The number of fused-ring (bicyclic) bond motifs is 2. The number of amides is 1. The zero-order valence-electron chi connectivity index (χ0n) is 17.6. The van der Waals surface area contributed by atoms with Crippen molar-refractivity contribution in [3.8, 4) is 0 Å². The molecule has 2 aromatic heterocycles. The fourth-order valence-corrected chi connectivity index (χ4v) is 3.84. The molecule has 4 rings (SSSR count). The van der Waals surface area contributed by atoms with Crippen LogP contribution in [0, 0.1) is 0 Å². The number of nitrogens with two attached hydrogens (primary N) is 1. The SMILES string of the molecule is CCCCCCNC(=O)c1c(N)n(Cc2ccc(Cl)cc2)c2nc3ccccc3nc12. The summed E-state index contributed by atoms with van der Waals surface area (Å²) < 4.78 is 1.85. The van der Waals surface area contributed by atoms with Crippen LogP contribution in [0.25, 0.3) is 22.2 Å². The van der Waals surface area contributed by atoms with Gasteiger partial charge in [0.05, 0.1) is 17.6 Å². The zero-order chi connectivity index (χ0) is 21.8. The van der Waals surface area contributed by atoms with E-state index >= 15 is 0 Å². The van der Waals surface area contributed by atoms with E-state index in [2.05, 4.69) is 12.2 Å². The molecule has 0 fully saturated rings. The van der Waals surface area contributed by atoms with Crippen LogP contribution in [0.1, 0.15) is 48.5 Å². The highest BCUT2D eigenvalue weighted by molar-refractivity contribution is 6.30. The molecular formula is C24H26ClN5O. The molecule has 0 aliphatic rings. The summed E-state index contributed by atoms with van der Waals surface area (Å²) in [6, 6.07) is 15.2. The number of nitrogen functional groups attached to an aromatic ring is 1. The Labute approximate surface area is 186 Å². The van der Waals surface area contributed by atoms with E-state index in [0.717, 1.165) is 42.3 Å². The van der Waals surface area contributed by atoms with Gasteiger partial charge in [-0.2, -0.15) is 0 Å². The molecule has 0 spiro atoms. The van der Waals surface area contributed by atoms with Crippen molar-refractivity contribution >= 4 is 45.5 Å². The smallest absolute Gasteiger partial charge is 0.257 e. The van der Waals surface area contributed by atoms with E-state index in [1.54, 1.807) is 0 Å².